The molecule has 1 heterocycles. The van der Waals surface area contributed by atoms with Crippen LogP contribution in [0.3, 0.4) is 0 Å². The molecule has 0 bridgehead atoms. The number of rotatable bonds is 6. The first-order valence-corrected chi connectivity index (χ1v) is 6.86. The molecule has 6 heteroatoms. The second-order valence-electron chi connectivity index (χ2n) is 4.24. The first kappa shape index (κ1) is 14.0. The summed E-state index contributed by atoms with van der Waals surface area (Å²) in [5.41, 5.74) is 1.13. The number of aryl methyl sites for hydroxylation is 1. The molecule has 0 fully saturated rings. The van der Waals surface area contributed by atoms with Crippen LogP contribution in [-0.4, -0.2) is 28.4 Å². The number of aromatic nitrogens is 3. The maximum atomic E-state index is 5.34. The number of nitrogens with one attached hydrogen (secondary N) is 1. The van der Waals surface area contributed by atoms with Gasteiger partial charge >= 0.3 is 0 Å². The molecule has 0 radical (unpaired) electrons. The Bertz CT molecular complexity index is 541. The second kappa shape index (κ2) is 6.68. The Hall–Kier alpha value is -1.40. The van der Waals surface area contributed by atoms with Crippen molar-refractivity contribution in [3.05, 3.63) is 40.4 Å². The number of hydrogen-bond acceptors (Lipinski definition) is 4. The van der Waals surface area contributed by atoms with Crippen molar-refractivity contribution in [1.29, 1.82) is 0 Å². The molecule has 19 heavy (non-hydrogen) atoms. The Morgan fingerprint density at radius 3 is 2.95 bits per heavy atom. The standard InChI is InChI=1S/C13H17BrN4O/c1-18-9-16-17-13(18)5-6-15-8-10-7-11(14)3-4-12(10)19-2/h3-4,7,9,15H,5-6,8H2,1-2H3. The summed E-state index contributed by atoms with van der Waals surface area (Å²) in [7, 11) is 3.64. The molecule has 0 spiro atoms. The zero-order valence-corrected chi connectivity index (χ0v) is 12.6. The van der Waals surface area contributed by atoms with Crippen LogP contribution >= 0.6 is 15.9 Å². The molecule has 2 rings (SSSR count). The van der Waals surface area contributed by atoms with Gasteiger partial charge in [0.1, 0.15) is 17.9 Å². The molecular weight excluding hydrogens is 308 g/mol. The van der Waals surface area contributed by atoms with Gasteiger partial charge < -0.3 is 14.6 Å². The zero-order chi connectivity index (χ0) is 13.7. The van der Waals surface area contributed by atoms with E-state index >= 15 is 0 Å². The van der Waals surface area contributed by atoms with Crippen LogP contribution in [0.4, 0.5) is 0 Å². The maximum Gasteiger partial charge on any atom is 0.133 e. The molecule has 1 aromatic carbocycles. The van der Waals surface area contributed by atoms with Gasteiger partial charge in [0.2, 0.25) is 0 Å². The maximum absolute atomic E-state index is 5.34. The first-order chi connectivity index (χ1) is 9.20. The Morgan fingerprint density at radius 2 is 2.26 bits per heavy atom. The van der Waals surface area contributed by atoms with E-state index in [1.165, 1.54) is 0 Å². The summed E-state index contributed by atoms with van der Waals surface area (Å²) in [6.45, 7) is 1.61. The van der Waals surface area contributed by atoms with Gasteiger partial charge in [0.05, 0.1) is 7.11 Å². The number of hydrogen-bond donors (Lipinski definition) is 1. The van der Waals surface area contributed by atoms with E-state index in [9.17, 15) is 0 Å². The molecule has 0 aliphatic heterocycles. The van der Waals surface area contributed by atoms with Gasteiger partial charge in [0, 0.05) is 36.6 Å². The molecule has 0 saturated carbocycles. The number of halogens is 1. The monoisotopic (exact) mass is 324 g/mol. The molecule has 1 N–H and O–H groups in total. The van der Waals surface area contributed by atoms with Crippen LogP contribution in [-0.2, 0) is 20.0 Å². The molecule has 102 valence electrons. The molecule has 1 aromatic heterocycles. The lowest BCUT2D eigenvalue weighted by atomic mass is 10.2. The molecule has 0 aliphatic rings. The van der Waals surface area contributed by atoms with E-state index in [0.717, 1.165) is 41.1 Å². The summed E-state index contributed by atoms with van der Waals surface area (Å²) in [6.07, 6.45) is 2.57. The molecule has 5 nitrogen and oxygen atoms in total. The van der Waals surface area contributed by atoms with Crippen LogP contribution < -0.4 is 10.1 Å². The zero-order valence-electron chi connectivity index (χ0n) is 11.1. The highest BCUT2D eigenvalue weighted by Crippen LogP contribution is 2.22. The summed E-state index contributed by atoms with van der Waals surface area (Å²) in [6, 6.07) is 6.00. The lowest BCUT2D eigenvalue weighted by Crippen LogP contribution is -2.18. The largest absolute Gasteiger partial charge is 0.496 e. The van der Waals surface area contributed by atoms with Crippen LogP contribution in [0.2, 0.25) is 0 Å². The highest BCUT2D eigenvalue weighted by molar-refractivity contribution is 9.10. The van der Waals surface area contributed by atoms with Crippen molar-refractivity contribution in [2.45, 2.75) is 13.0 Å². The predicted molar refractivity (Wildman–Crippen MR) is 77.1 cm³/mol. The lowest BCUT2D eigenvalue weighted by Gasteiger charge is -2.10. The quantitative estimate of drug-likeness (QED) is 0.825. The van der Waals surface area contributed by atoms with E-state index in [0.29, 0.717) is 0 Å². The summed E-state index contributed by atoms with van der Waals surface area (Å²) in [5.74, 6) is 1.88. The van der Waals surface area contributed by atoms with Crippen molar-refractivity contribution in [3.63, 3.8) is 0 Å². The Labute approximate surface area is 121 Å². The van der Waals surface area contributed by atoms with Gasteiger partial charge in [-0.15, -0.1) is 10.2 Å². The normalized spacial score (nSPS) is 10.7. The van der Waals surface area contributed by atoms with Gasteiger partial charge in [0.15, 0.2) is 0 Å². The number of nitrogens with zero attached hydrogens (tertiary/aromatic N) is 3. The third kappa shape index (κ3) is 3.78. The van der Waals surface area contributed by atoms with Crippen LogP contribution in [0.25, 0.3) is 0 Å². The molecule has 0 unspecified atom stereocenters. The minimum Gasteiger partial charge on any atom is -0.496 e. The van der Waals surface area contributed by atoms with E-state index < -0.39 is 0 Å². The lowest BCUT2D eigenvalue weighted by molar-refractivity contribution is 0.407. The smallest absolute Gasteiger partial charge is 0.133 e. The second-order valence-corrected chi connectivity index (χ2v) is 5.16. The van der Waals surface area contributed by atoms with Gasteiger partial charge in [-0.2, -0.15) is 0 Å². The Kier molecular flexibility index (Phi) is 4.93. The van der Waals surface area contributed by atoms with Crippen molar-refractivity contribution in [3.8, 4) is 5.75 Å². The van der Waals surface area contributed by atoms with Crippen LogP contribution in [0.15, 0.2) is 29.0 Å². The summed E-state index contributed by atoms with van der Waals surface area (Å²) < 4.78 is 8.32. The minimum atomic E-state index is 0.764. The molecular formula is C13H17BrN4O. The summed E-state index contributed by atoms with van der Waals surface area (Å²) in [5, 5.41) is 11.3. The van der Waals surface area contributed by atoms with E-state index in [1.807, 2.05) is 23.7 Å². The fraction of sp³-hybridized carbons (Fsp3) is 0.385. The van der Waals surface area contributed by atoms with Crippen molar-refractivity contribution < 1.29 is 4.74 Å². The van der Waals surface area contributed by atoms with Crippen LogP contribution in [0, 0.1) is 0 Å². The Morgan fingerprint density at radius 1 is 1.42 bits per heavy atom. The van der Waals surface area contributed by atoms with Crippen molar-refractivity contribution in [1.82, 2.24) is 20.1 Å². The van der Waals surface area contributed by atoms with Crippen LogP contribution in [0.1, 0.15) is 11.4 Å². The number of benzene rings is 1. The van der Waals surface area contributed by atoms with E-state index in [-0.39, 0.29) is 0 Å². The third-order valence-corrected chi connectivity index (χ3v) is 3.38. The van der Waals surface area contributed by atoms with E-state index in [1.54, 1.807) is 13.4 Å². The van der Waals surface area contributed by atoms with Gasteiger partial charge in [-0.1, -0.05) is 15.9 Å². The topological polar surface area (TPSA) is 52.0 Å². The third-order valence-electron chi connectivity index (χ3n) is 2.89. The predicted octanol–water partition coefficient (Wildman–Crippen LogP) is 1.92. The van der Waals surface area contributed by atoms with E-state index in [2.05, 4.69) is 37.5 Å². The molecule has 0 aliphatic carbocycles. The number of ether oxygens (including phenoxy) is 1. The highest BCUT2D eigenvalue weighted by Gasteiger charge is 2.04. The van der Waals surface area contributed by atoms with Crippen molar-refractivity contribution in [2.24, 2.45) is 7.05 Å². The fourth-order valence-electron chi connectivity index (χ4n) is 1.84. The van der Waals surface area contributed by atoms with Crippen molar-refractivity contribution >= 4 is 15.9 Å². The summed E-state index contributed by atoms with van der Waals surface area (Å²) >= 11 is 3.47. The van der Waals surface area contributed by atoms with Crippen LogP contribution in [0.5, 0.6) is 5.75 Å². The van der Waals surface area contributed by atoms with Gasteiger partial charge in [-0.05, 0) is 18.2 Å². The molecule has 0 saturated heterocycles. The summed E-state index contributed by atoms with van der Waals surface area (Å²) in [4.78, 5) is 0. The van der Waals surface area contributed by atoms with Gasteiger partial charge in [-0.3, -0.25) is 0 Å². The first-order valence-electron chi connectivity index (χ1n) is 6.06. The minimum absolute atomic E-state index is 0.764. The average molecular weight is 325 g/mol. The Balaban J connectivity index is 1.86. The number of methoxy groups -OCH3 is 1. The van der Waals surface area contributed by atoms with Gasteiger partial charge in [0.25, 0.3) is 0 Å². The van der Waals surface area contributed by atoms with Crippen molar-refractivity contribution in [2.75, 3.05) is 13.7 Å². The molecule has 2 aromatic rings. The highest BCUT2D eigenvalue weighted by atomic mass is 79.9. The fourth-order valence-corrected chi connectivity index (χ4v) is 2.25. The van der Waals surface area contributed by atoms with E-state index in [4.69, 9.17) is 4.74 Å². The average Bonchev–Trinajstić information content (AvgIpc) is 2.80. The SMILES string of the molecule is COc1ccc(Br)cc1CNCCc1nncn1C. The van der Waals surface area contributed by atoms with Gasteiger partial charge in [-0.25, -0.2) is 0 Å². The molecule has 0 amide bonds. The molecule has 0 atom stereocenters.